The second kappa shape index (κ2) is 6.57. The molecule has 1 aliphatic carbocycles. The molecule has 1 unspecified atom stereocenters. The molecule has 0 bridgehead atoms. The minimum absolute atomic E-state index is 0.0433. The normalized spacial score (nSPS) is 16.3. The van der Waals surface area contributed by atoms with Crippen LogP contribution in [0.5, 0.6) is 0 Å². The lowest BCUT2D eigenvalue weighted by Gasteiger charge is -2.29. The van der Waals surface area contributed by atoms with Gasteiger partial charge in [-0.15, -0.1) is 0 Å². The Balaban J connectivity index is 2.12. The van der Waals surface area contributed by atoms with Gasteiger partial charge in [-0.25, -0.2) is 4.98 Å². The summed E-state index contributed by atoms with van der Waals surface area (Å²) < 4.78 is 7.46. The van der Waals surface area contributed by atoms with E-state index < -0.39 is 6.10 Å². The molecule has 5 nitrogen and oxygen atoms in total. The summed E-state index contributed by atoms with van der Waals surface area (Å²) in [6.45, 7) is 1.38. The van der Waals surface area contributed by atoms with Crippen LogP contribution in [0, 0.1) is 0 Å². The lowest BCUT2D eigenvalue weighted by Crippen LogP contribution is -2.28. The number of carbonyl (C=O) groups is 1. The summed E-state index contributed by atoms with van der Waals surface area (Å²) in [7, 11) is 0. The van der Waals surface area contributed by atoms with Crippen molar-refractivity contribution in [3.05, 3.63) is 69.1 Å². The van der Waals surface area contributed by atoms with E-state index in [0.717, 1.165) is 12.1 Å². The van der Waals surface area contributed by atoms with Gasteiger partial charge < -0.3 is 4.74 Å². The topological polar surface area (TPSA) is 61.2 Å². The van der Waals surface area contributed by atoms with Crippen LogP contribution in [0.1, 0.15) is 37.1 Å². The van der Waals surface area contributed by atoms with Gasteiger partial charge in [0.25, 0.3) is 0 Å². The first-order valence-corrected chi connectivity index (χ1v) is 8.89. The van der Waals surface area contributed by atoms with Gasteiger partial charge in [0.05, 0.1) is 11.1 Å². The zero-order valence-electron chi connectivity index (χ0n) is 14.2. The van der Waals surface area contributed by atoms with Gasteiger partial charge in [0.1, 0.15) is 11.8 Å². The van der Waals surface area contributed by atoms with Gasteiger partial charge in [0.2, 0.25) is 0 Å². The second-order valence-corrected chi connectivity index (χ2v) is 6.81. The van der Waals surface area contributed by atoms with E-state index in [1.54, 1.807) is 24.4 Å². The van der Waals surface area contributed by atoms with Crippen LogP contribution in [0.15, 0.2) is 47.4 Å². The van der Waals surface area contributed by atoms with Crippen molar-refractivity contribution in [1.82, 2.24) is 9.55 Å². The van der Waals surface area contributed by atoms with Gasteiger partial charge in [-0.3, -0.25) is 14.2 Å². The Morgan fingerprint density at radius 1 is 1.31 bits per heavy atom. The number of hydrogen-bond donors (Lipinski definition) is 0. The van der Waals surface area contributed by atoms with Crippen LogP contribution in [0.2, 0.25) is 5.02 Å². The van der Waals surface area contributed by atoms with Crippen molar-refractivity contribution < 1.29 is 9.53 Å². The number of ether oxygens (including phenoxy) is 1. The lowest BCUT2D eigenvalue weighted by molar-refractivity contribution is -0.147. The highest BCUT2D eigenvalue weighted by Crippen LogP contribution is 2.35. The fraction of sp³-hybridized carbons (Fsp3) is 0.250. The molecule has 0 radical (unpaired) electrons. The number of esters is 1. The molecule has 3 aromatic rings. The zero-order chi connectivity index (χ0) is 18.3. The summed E-state index contributed by atoms with van der Waals surface area (Å²) in [6, 6.07) is 10.9. The van der Waals surface area contributed by atoms with Crippen molar-refractivity contribution in [2.24, 2.45) is 0 Å². The first-order valence-electron chi connectivity index (χ1n) is 8.52. The molecule has 0 saturated heterocycles. The van der Waals surface area contributed by atoms with E-state index in [0.29, 0.717) is 40.2 Å². The molecule has 1 atom stereocenters. The molecule has 2 heterocycles. The van der Waals surface area contributed by atoms with Crippen LogP contribution in [-0.2, 0) is 16.0 Å². The predicted octanol–water partition coefficient (Wildman–Crippen LogP) is 3.98. The van der Waals surface area contributed by atoms with Crippen molar-refractivity contribution in [1.29, 1.82) is 0 Å². The highest BCUT2D eigenvalue weighted by atomic mass is 35.5. The SMILES string of the molecule is CC(=O)OC1CCCc2c1n(-c1cccc(Cl)c1)c1ncccc1c2=O. The van der Waals surface area contributed by atoms with Gasteiger partial charge in [-0.1, -0.05) is 17.7 Å². The number of fused-ring (bicyclic) bond motifs is 2. The molecule has 0 amide bonds. The fourth-order valence-corrected chi connectivity index (χ4v) is 3.84. The summed E-state index contributed by atoms with van der Waals surface area (Å²) >= 11 is 6.20. The van der Waals surface area contributed by atoms with Crippen LogP contribution in [0.25, 0.3) is 16.7 Å². The summed E-state index contributed by atoms with van der Waals surface area (Å²) in [5.41, 5.74) is 2.67. The van der Waals surface area contributed by atoms with Crippen LogP contribution in [-0.4, -0.2) is 15.5 Å². The molecule has 0 saturated carbocycles. The highest BCUT2D eigenvalue weighted by molar-refractivity contribution is 6.30. The molecule has 0 N–H and O–H groups in total. The molecule has 26 heavy (non-hydrogen) atoms. The Morgan fingerprint density at radius 3 is 2.92 bits per heavy atom. The smallest absolute Gasteiger partial charge is 0.303 e. The monoisotopic (exact) mass is 368 g/mol. The molecular formula is C20H17ClN2O3. The first-order chi connectivity index (χ1) is 12.6. The third-order valence-electron chi connectivity index (χ3n) is 4.64. The molecule has 2 aromatic heterocycles. The number of nitrogens with zero attached hydrogens (tertiary/aromatic N) is 2. The van der Waals surface area contributed by atoms with E-state index in [1.807, 2.05) is 22.8 Å². The molecular weight excluding hydrogens is 352 g/mol. The number of benzene rings is 1. The summed E-state index contributed by atoms with van der Waals surface area (Å²) in [5, 5.41) is 1.13. The van der Waals surface area contributed by atoms with E-state index in [9.17, 15) is 9.59 Å². The maximum Gasteiger partial charge on any atom is 0.303 e. The van der Waals surface area contributed by atoms with Crippen molar-refractivity contribution in [2.75, 3.05) is 0 Å². The van der Waals surface area contributed by atoms with Gasteiger partial charge in [0.15, 0.2) is 5.43 Å². The van der Waals surface area contributed by atoms with Crippen LogP contribution in [0.3, 0.4) is 0 Å². The third kappa shape index (κ3) is 2.78. The summed E-state index contributed by atoms with van der Waals surface area (Å²) in [6.07, 6.45) is 3.29. The summed E-state index contributed by atoms with van der Waals surface area (Å²) in [4.78, 5) is 29.1. The zero-order valence-corrected chi connectivity index (χ0v) is 15.0. The van der Waals surface area contributed by atoms with E-state index >= 15 is 0 Å². The van der Waals surface area contributed by atoms with Crippen molar-refractivity contribution in [2.45, 2.75) is 32.3 Å². The molecule has 0 aliphatic heterocycles. The number of rotatable bonds is 2. The van der Waals surface area contributed by atoms with Crippen LogP contribution in [0.4, 0.5) is 0 Å². The fourth-order valence-electron chi connectivity index (χ4n) is 3.65. The minimum Gasteiger partial charge on any atom is -0.456 e. The van der Waals surface area contributed by atoms with E-state index in [-0.39, 0.29) is 11.4 Å². The van der Waals surface area contributed by atoms with Crippen molar-refractivity contribution in [3.8, 4) is 5.69 Å². The summed E-state index contributed by atoms with van der Waals surface area (Å²) in [5.74, 6) is -0.367. The largest absolute Gasteiger partial charge is 0.456 e. The van der Waals surface area contributed by atoms with E-state index in [1.165, 1.54) is 6.92 Å². The van der Waals surface area contributed by atoms with Gasteiger partial charge in [-0.05, 0) is 49.6 Å². The minimum atomic E-state index is -0.477. The Morgan fingerprint density at radius 2 is 2.15 bits per heavy atom. The van der Waals surface area contributed by atoms with Crippen LogP contribution >= 0.6 is 11.6 Å². The number of hydrogen-bond acceptors (Lipinski definition) is 4. The number of aromatic nitrogens is 2. The Kier molecular flexibility index (Phi) is 4.24. The average molecular weight is 369 g/mol. The van der Waals surface area contributed by atoms with Crippen molar-refractivity contribution >= 4 is 28.6 Å². The molecule has 132 valence electrons. The molecule has 1 aliphatic rings. The standard InChI is InChI=1S/C20H17ClN2O3/c1-12(24)26-17-9-3-7-15-18(17)23(14-6-2-5-13(21)11-14)20-16(19(15)25)8-4-10-22-20/h2,4-6,8,10-11,17H,3,7,9H2,1H3. The predicted molar refractivity (Wildman–Crippen MR) is 99.8 cm³/mol. The number of carbonyl (C=O) groups excluding carboxylic acids is 1. The number of halogens is 1. The van der Waals surface area contributed by atoms with Gasteiger partial charge >= 0.3 is 5.97 Å². The molecule has 4 rings (SSSR count). The molecule has 1 aromatic carbocycles. The maximum atomic E-state index is 13.0. The Bertz CT molecular complexity index is 1070. The maximum absolute atomic E-state index is 13.0. The van der Waals surface area contributed by atoms with E-state index in [4.69, 9.17) is 16.3 Å². The highest BCUT2D eigenvalue weighted by Gasteiger charge is 2.30. The van der Waals surface area contributed by atoms with Crippen molar-refractivity contribution in [3.63, 3.8) is 0 Å². The second-order valence-electron chi connectivity index (χ2n) is 6.37. The van der Waals surface area contributed by atoms with E-state index in [2.05, 4.69) is 4.98 Å². The first kappa shape index (κ1) is 16.8. The van der Waals surface area contributed by atoms with Gasteiger partial charge in [0, 0.05) is 29.4 Å². The lowest BCUT2D eigenvalue weighted by atomic mass is 9.91. The average Bonchev–Trinajstić information content (AvgIpc) is 2.62. The Labute approximate surface area is 155 Å². The number of pyridine rings is 2. The third-order valence-corrected chi connectivity index (χ3v) is 4.88. The molecule has 0 fully saturated rings. The molecule has 6 heteroatoms. The quantitative estimate of drug-likeness (QED) is 0.642. The van der Waals surface area contributed by atoms with Crippen LogP contribution < -0.4 is 5.43 Å². The Hall–Kier alpha value is -2.66. The molecule has 0 spiro atoms. The van der Waals surface area contributed by atoms with Gasteiger partial charge in [-0.2, -0.15) is 0 Å².